The zero-order valence-corrected chi connectivity index (χ0v) is 23.7. The van der Waals surface area contributed by atoms with E-state index in [-0.39, 0.29) is 0 Å². The maximum Gasteiger partial charge on any atom is 0.150 e. The Bertz CT molecular complexity index is 1420. The van der Waals surface area contributed by atoms with Crippen molar-refractivity contribution in [3.8, 4) is 0 Å². The monoisotopic (exact) mass is 530 g/mol. The highest BCUT2D eigenvalue weighted by Gasteiger charge is 2.30. The second kappa shape index (κ2) is 12.6. The van der Waals surface area contributed by atoms with E-state index < -0.39 is 0 Å². The number of rotatable bonds is 10. The summed E-state index contributed by atoms with van der Waals surface area (Å²) in [6.45, 7) is 6.44. The first-order valence-electron chi connectivity index (χ1n) is 14.3. The molecule has 204 valence electrons. The Kier molecular flexibility index (Phi) is 8.55. The van der Waals surface area contributed by atoms with Crippen LogP contribution in [0.25, 0.3) is 5.57 Å². The average Bonchev–Trinajstić information content (AvgIpc) is 3.46. The number of hydrazone groups is 1. The van der Waals surface area contributed by atoms with Crippen LogP contribution in [-0.2, 0) is 0 Å². The van der Waals surface area contributed by atoms with Gasteiger partial charge < -0.3 is 9.80 Å². The maximum absolute atomic E-state index is 8.81. The first kappa shape index (κ1) is 27.1. The number of amidine groups is 1. The third kappa shape index (κ3) is 5.62. The SMILES string of the molecule is CCCCN1C(=C/C=C(/C=C2\C(=N)N(C)N=C2c2ccccn2)c2ccccc2)N(CCCC)c2ccccc21. The van der Waals surface area contributed by atoms with E-state index in [0.717, 1.165) is 61.2 Å². The van der Waals surface area contributed by atoms with Crippen molar-refractivity contribution >= 4 is 28.5 Å². The summed E-state index contributed by atoms with van der Waals surface area (Å²) >= 11 is 0. The Labute approximate surface area is 238 Å². The molecule has 0 spiro atoms. The topological polar surface area (TPSA) is 58.8 Å². The summed E-state index contributed by atoms with van der Waals surface area (Å²) in [6.07, 6.45) is 12.8. The Morgan fingerprint density at radius 2 is 1.45 bits per heavy atom. The summed E-state index contributed by atoms with van der Waals surface area (Å²) in [5.74, 6) is 1.56. The van der Waals surface area contributed by atoms with Gasteiger partial charge in [-0.15, -0.1) is 0 Å². The number of allylic oxidation sites excluding steroid dienone is 4. The molecule has 0 saturated carbocycles. The summed E-state index contributed by atoms with van der Waals surface area (Å²) in [5, 5.41) is 15.1. The third-order valence-electron chi connectivity index (χ3n) is 7.30. The number of hydrogen-bond acceptors (Lipinski definition) is 5. The van der Waals surface area contributed by atoms with Crippen molar-refractivity contribution in [2.24, 2.45) is 5.10 Å². The lowest BCUT2D eigenvalue weighted by molar-refractivity contribution is 0.555. The number of hydrogen-bond donors (Lipinski definition) is 1. The molecule has 0 atom stereocenters. The number of aromatic nitrogens is 1. The highest BCUT2D eigenvalue weighted by molar-refractivity contribution is 6.31. The third-order valence-corrected chi connectivity index (χ3v) is 7.30. The van der Waals surface area contributed by atoms with Crippen LogP contribution in [0.15, 0.2) is 114 Å². The van der Waals surface area contributed by atoms with E-state index in [1.807, 2.05) is 31.3 Å². The highest BCUT2D eigenvalue weighted by Crippen LogP contribution is 2.42. The van der Waals surface area contributed by atoms with Gasteiger partial charge in [-0.2, -0.15) is 5.10 Å². The molecular weight excluding hydrogens is 492 g/mol. The molecule has 40 heavy (non-hydrogen) atoms. The molecule has 2 aliphatic rings. The lowest BCUT2D eigenvalue weighted by Crippen LogP contribution is -2.29. The molecule has 5 rings (SSSR count). The molecular formula is C34H38N6. The molecule has 3 heterocycles. The zero-order chi connectivity index (χ0) is 27.9. The standard InChI is InChI=1S/C34H38N6/c1-4-6-23-39-30-18-11-12-19-31(30)40(24-7-5-2)32(39)21-20-27(26-15-9-8-10-16-26)25-28-33(37-38(3)34(28)35)29-17-13-14-22-36-29/h8-22,25,35H,4-7,23-24H2,1-3H3/b27-20-,28-25-,35-34?. The van der Waals surface area contributed by atoms with E-state index in [1.54, 1.807) is 11.2 Å². The minimum absolute atomic E-state index is 0.359. The van der Waals surface area contributed by atoms with Crippen molar-refractivity contribution in [3.63, 3.8) is 0 Å². The van der Waals surface area contributed by atoms with Crippen LogP contribution in [0.4, 0.5) is 11.4 Å². The predicted molar refractivity (Wildman–Crippen MR) is 168 cm³/mol. The van der Waals surface area contributed by atoms with E-state index in [9.17, 15) is 0 Å². The maximum atomic E-state index is 8.81. The normalized spacial score (nSPS) is 16.2. The summed E-state index contributed by atoms with van der Waals surface area (Å²) < 4.78 is 0. The molecule has 0 aliphatic carbocycles. The van der Waals surface area contributed by atoms with E-state index >= 15 is 0 Å². The Morgan fingerprint density at radius 3 is 2.05 bits per heavy atom. The molecule has 6 nitrogen and oxygen atoms in total. The molecule has 0 saturated heterocycles. The molecule has 2 aliphatic heterocycles. The molecule has 0 unspecified atom stereocenters. The molecule has 2 aromatic carbocycles. The van der Waals surface area contributed by atoms with Gasteiger partial charge in [0.1, 0.15) is 11.5 Å². The van der Waals surface area contributed by atoms with Crippen molar-refractivity contribution < 1.29 is 0 Å². The number of nitrogens with one attached hydrogen (secondary N) is 1. The van der Waals surface area contributed by atoms with Gasteiger partial charge in [0.15, 0.2) is 5.84 Å². The van der Waals surface area contributed by atoms with Gasteiger partial charge in [-0.25, -0.2) is 0 Å². The molecule has 3 aromatic rings. The fraction of sp³-hybridized carbons (Fsp3) is 0.265. The average molecular weight is 531 g/mol. The van der Waals surface area contributed by atoms with Gasteiger partial charge in [-0.05, 0) is 60.4 Å². The van der Waals surface area contributed by atoms with Crippen LogP contribution in [0.2, 0.25) is 0 Å². The molecule has 0 fully saturated rings. The van der Waals surface area contributed by atoms with E-state index in [4.69, 9.17) is 5.41 Å². The van der Waals surface area contributed by atoms with Gasteiger partial charge in [-0.3, -0.25) is 15.4 Å². The zero-order valence-electron chi connectivity index (χ0n) is 23.7. The van der Waals surface area contributed by atoms with Crippen LogP contribution in [0, 0.1) is 5.41 Å². The van der Waals surface area contributed by atoms with Crippen LogP contribution in [0.3, 0.4) is 0 Å². The second-order valence-corrected chi connectivity index (χ2v) is 10.1. The van der Waals surface area contributed by atoms with Crippen LogP contribution in [0.1, 0.15) is 50.8 Å². The van der Waals surface area contributed by atoms with Crippen LogP contribution in [-0.4, -0.2) is 41.7 Å². The number of likely N-dealkylation sites (N-methyl/N-ethyl adjacent to an activating group) is 1. The van der Waals surface area contributed by atoms with Crippen molar-refractivity contribution in [2.45, 2.75) is 39.5 Å². The molecule has 0 radical (unpaired) electrons. The number of unbranched alkanes of at least 4 members (excludes halogenated alkanes) is 2. The van der Waals surface area contributed by atoms with Crippen LogP contribution >= 0.6 is 0 Å². The molecule has 0 amide bonds. The van der Waals surface area contributed by atoms with Gasteiger partial charge in [0.25, 0.3) is 0 Å². The number of para-hydroxylation sites is 2. The fourth-order valence-electron chi connectivity index (χ4n) is 5.14. The van der Waals surface area contributed by atoms with E-state index in [2.05, 4.69) is 100 Å². The number of anilines is 2. The van der Waals surface area contributed by atoms with Crippen molar-refractivity contribution in [1.82, 2.24) is 9.99 Å². The fourth-order valence-corrected chi connectivity index (χ4v) is 5.14. The number of fused-ring (bicyclic) bond motifs is 1. The number of benzene rings is 2. The first-order chi connectivity index (χ1) is 19.6. The molecule has 1 N–H and O–H groups in total. The van der Waals surface area contributed by atoms with E-state index in [1.165, 1.54) is 17.2 Å². The molecule has 0 bridgehead atoms. The van der Waals surface area contributed by atoms with Gasteiger partial charge in [0.2, 0.25) is 0 Å². The Hall–Kier alpha value is -4.45. The van der Waals surface area contributed by atoms with Crippen molar-refractivity contribution in [2.75, 3.05) is 29.9 Å². The summed E-state index contributed by atoms with van der Waals surface area (Å²) in [6, 6.07) is 24.9. The van der Waals surface area contributed by atoms with Crippen molar-refractivity contribution in [1.29, 1.82) is 5.41 Å². The summed E-state index contributed by atoms with van der Waals surface area (Å²) in [7, 11) is 1.81. The van der Waals surface area contributed by atoms with Crippen LogP contribution in [0.5, 0.6) is 0 Å². The minimum Gasteiger partial charge on any atom is -0.326 e. The highest BCUT2D eigenvalue weighted by atomic mass is 15.5. The summed E-state index contributed by atoms with van der Waals surface area (Å²) in [4.78, 5) is 9.46. The Morgan fingerprint density at radius 1 is 0.825 bits per heavy atom. The van der Waals surface area contributed by atoms with Gasteiger partial charge in [-0.1, -0.05) is 81.3 Å². The van der Waals surface area contributed by atoms with Gasteiger partial charge in [0.05, 0.1) is 17.1 Å². The number of nitrogens with zero attached hydrogens (tertiary/aromatic N) is 5. The molecule has 1 aromatic heterocycles. The smallest absolute Gasteiger partial charge is 0.150 e. The van der Waals surface area contributed by atoms with Gasteiger partial charge in [0, 0.05) is 31.9 Å². The lowest BCUT2D eigenvalue weighted by Gasteiger charge is -2.25. The first-order valence-corrected chi connectivity index (χ1v) is 14.3. The van der Waals surface area contributed by atoms with E-state index in [0.29, 0.717) is 11.5 Å². The van der Waals surface area contributed by atoms with Crippen LogP contribution < -0.4 is 9.80 Å². The Balaban J connectivity index is 1.62. The predicted octanol–water partition coefficient (Wildman–Crippen LogP) is 7.49. The lowest BCUT2D eigenvalue weighted by atomic mass is 9.98. The van der Waals surface area contributed by atoms with Crippen molar-refractivity contribution in [3.05, 3.63) is 120 Å². The largest absolute Gasteiger partial charge is 0.326 e. The van der Waals surface area contributed by atoms with Gasteiger partial charge >= 0.3 is 0 Å². The minimum atomic E-state index is 0.359. The molecule has 6 heteroatoms. The quantitative estimate of drug-likeness (QED) is 0.295. The second-order valence-electron chi connectivity index (χ2n) is 10.1. The summed E-state index contributed by atoms with van der Waals surface area (Å²) in [5.41, 5.74) is 6.89. The number of pyridine rings is 1.